The van der Waals surface area contributed by atoms with E-state index in [9.17, 15) is 4.79 Å². The summed E-state index contributed by atoms with van der Waals surface area (Å²) >= 11 is 0. The summed E-state index contributed by atoms with van der Waals surface area (Å²) in [6, 6.07) is 8.47. The first kappa shape index (κ1) is 18.4. The molecule has 2 aliphatic rings. The number of morpholine rings is 1. The maximum atomic E-state index is 13.2. The van der Waals surface area contributed by atoms with Crippen LogP contribution in [0.5, 0.6) is 0 Å². The Morgan fingerprint density at radius 1 is 1.44 bits per heavy atom. The summed E-state index contributed by atoms with van der Waals surface area (Å²) in [6.07, 6.45) is 2.60. The van der Waals surface area contributed by atoms with E-state index < -0.39 is 6.10 Å². The number of nitrogens with two attached hydrogens (primary N) is 1. The van der Waals surface area contributed by atoms with Crippen LogP contribution in [0.2, 0.25) is 0 Å². The molecule has 4 rings (SSSR count). The fourth-order valence-corrected chi connectivity index (χ4v) is 3.93. The molecule has 2 aromatic rings. The van der Waals surface area contributed by atoms with Crippen molar-refractivity contribution in [2.75, 3.05) is 26.2 Å². The maximum Gasteiger partial charge on any atom is 0.253 e. The van der Waals surface area contributed by atoms with Crippen LogP contribution in [0.4, 0.5) is 0 Å². The number of ether oxygens (including phenoxy) is 1. The first-order chi connectivity index (χ1) is 13.2. The summed E-state index contributed by atoms with van der Waals surface area (Å²) in [5.41, 5.74) is 7.76. The summed E-state index contributed by atoms with van der Waals surface area (Å²) in [7, 11) is 0. The average Bonchev–Trinajstić information content (AvgIpc) is 3.47. The number of amides is 1. The van der Waals surface area contributed by atoms with Crippen molar-refractivity contribution in [2.45, 2.75) is 50.9 Å². The number of hydrogen-bond donors (Lipinski definition) is 2. The van der Waals surface area contributed by atoms with Crippen LogP contribution in [0.3, 0.4) is 0 Å². The Kier molecular flexibility index (Phi) is 5.43. The van der Waals surface area contributed by atoms with Gasteiger partial charge in [-0.05, 0) is 38.8 Å². The number of para-hydroxylation sites is 1. The van der Waals surface area contributed by atoms with E-state index in [0.717, 1.165) is 48.9 Å². The van der Waals surface area contributed by atoms with Gasteiger partial charge in [-0.15, -0.1) is 0 Å². The lowest BCUT2D eigenvalue weighted by molar-refractivity contribution is -0.148. The molecule has 1 amide bonds. The van der Waals surface area contributed by atoms with E-state index >= 15 is 0 Å². The van der Waals surface area contributed by atoms with Crippen molar-refractivity contribution in [1.29, 1.82) is 0 Å². The molecule has 2 fully saturated rings. The molecule has 1 aliphatic heterocycles. The SMILES string of the molecule is C[C@H](c1nn(CCCN)c2ccccc12)N(C(=O)[C@H]1CNCCO1)C1CC1. The molecule has 7 nitrogen and oxygen atoms in total. The lowest BCUT2D eigenvalue weighted by atomic mass is 10.1. The highest BCUT2D eigenvalue weighted by molar-refractivity contribution is 5.85. The number of aryl methyl sites for hydroxylation is 1. The zero-order valence-electron chi connectivity index (χ0n) is 15.9. The topological polar surface area (TPSA) is 85.4 Å². The van der Waals surface area contributed by atoms with Crippen molar-refractivity contribution in [3.8, 4) is 0 Å². The molecule has 1 aromatic carbocycles. The normalized spacial score (nSPS) is 21.3. The summed E-state index contributed by atoms with van der Waals surface area (Å²) in [5, 5.41) is 9.27. The van der Waals surface area contributed by atoms with Crippen LogP contribution in [0.1, 0.15) is 37.9 Å². The molecule has 1 aromatic heterocycles. The van der Waals surface area contributed by atoms with Gasteiger partial charge < -0.3 is 20.7 Å². The van der Waals surface area contributed by atoms with E-state index in [1.165, 1.54) is 0 Å². The number of nitrogens with one attached hydrogen (secondary N) is 1. The van der Waals surface area contributed by atoms with Gasteiger partial charge in [-0.25, -0.2) is 0 Å². The first-order valence-corrected chi connectivity index (χ1v) is 10.0. The molecule has 2 heterocycles. The van der Waals surface area contributed by atoms with Crippen LogP contribution in [0, 0.1) is 0 Å². The van der Waals surface area contributed by atoms with Gasteiger partial charge >= 0.3 is 0 Å². The molecular formula is C20H29N5O2. The van der Waals surface area contributed by atoms with Gasteiger partial charge in [-0.3, -0.25) is 9.48 Å². The Morgan fingerprint density at radius 3 is 2.96 bits per heavy atom. The molecule has 0 bridgehead atoms. The molecule has 3 N–H and O–H groups in total. The number of aromatic nitrogens is 2. The number of carbonyl (C=O) groups excluding carboxylic acids is 1. The van der Waals surface area contributed by atoms with Gasteiger partial charge in [0.05, 0.1) is 23.9 Å². The predicted octanol–water partition coefficient (Wildman–Crippen LogP) is 1.43. The largest absolute Gasteiger partial charge is 0.366 e. The zero-order chi connectivity index (χ0) is 18.8. The number of hydrogen-bond acceptors (Lipinski definition) is 5. The Bertz CT molecular complexity index is 795. The highest BCUT2D eigenvalue weighted by atomic mass is 16.5. The molecule has 27 heavy (non-hydrogen) atoms. The molecule has 1 aliphatic carbocycles. The van der Waals surface area contributed by atoms with Crippen molar-refractivity contribution in [1.82, 2.24) is 20.0 Å². The van der Waals surface area contributed by atoms with Gasteiger partial charge in [0.2, 0.25) is 0 Å². The highest BCUT2D eigenvalue weighted by Crippen LogP contribution is 2.37. The van der Waals surface area contributed by atoms with E-state index in [0.29, 0.717) is 25.7 Å². The molecular weight excluding hydrogens is 342 g/mol. The van der Waals surface area contributed by atoms with E-state index in [2.05, 4.69) is 24.4 Å². The molecule has 2 atom stereocenters. The van der Waals surface area contributed by atoms with E-state index in [1.54, 1.807) is 0 Å². The van der Waals surface area contributed by atoms with E-state index in [-0.39, 0.29) is 11.9 Å². The summed E-state index contributed by atoms with van der Waals surface area (Å²) in [6.45, 7) is 5.49. The third-order valence-corrected chi connectivity index (χ3v) is 5.47. The van der Waals surface area contributed by atoms with Crippen molar-refractivity contribution in [3.63, 3.8) is 0 Å². The van der Waals surface area contributed by atoms with E-state index in [1.807, 2.05) is 21.7 Å². The Labute approximate surface area is 159 Å². The van der Waals surface area contributed by atoms with Crippen LogP contribution in [0.25, 0.3) is 10.9 Å². The van der Waals surface area contributed by atoms with Gasteiger partial charge in [0, 0.05) is 31.1 Å². The van der Waals surface area contributed by atoms with Crippen LogP contribution >= 0.6 is 0 Å². The lowest BCUT2D eigenvalue weighted by Crippen LogP contribution is -2.50. The molecule has 1 saturated heterocycles. The van der Waals surface area contributed by atoms with Gasteiger partial charge in [0.25, 0.3) is 5.91 Å². The number of benzene rings is 1. The van der Waals surface area contributed by atoms with Crippen molar-refractivity contribution >= 4 is 16.8 Å². The molecule has 0 radical (unpaired) electrons. The Balaban J connectivity index is 1.65. The second-order valence-corrected chi connectivity index (χ2v) is 7.48. The maximum absolute atomic E-state index is 13.2. The summed E-state index contributed by atoms with van der Waals surface area (Å²) < 4.78 is 7.77. The van der Waals surface area contributed by atoms with Crippen molar-refractivity contribution in [3.05, 3.63) is 30.0 Å². The van der Waals surface area contributed by atoms with Crippen LogP contribution in [-0.4, -0.2) is 59.0 Å². The van der Waals surface area contributed by atoms with Gasteiger partial charge in [-0.2, -0.15) is 5.10 Å². The third-order valence-electron chi connectivity index (χ3n) is 5.47. The number of nitrogens with zero attached hydrogens (tertiary/aromatic N) is 3. The molecule has 0 unspecified atom stereocenters. The van der Waals surface area contributed by atoms with Gasteiger partial charge in [0.1, 0.15) is 6.10 Å². The predicted molar refractivity (Wildman–Crippen MR) is 104 cm³/mol. The quantitative estimate of drug-likeness (QED) is 0.769. The minimum absolute atomic E-state index is 0.0813. The second kappa shape index (κ2) is 7.96. The highest BCUT2D eigenvalue weighted by Gasteiger charge is 2.41. The van der Waals surface area contributed by atoms with Crippen LogP contribution < -0.4 is 11.1 Å². The Morgan fingerprint density at radius 2 is 2.26 bits per heavy atom. The zero-order valence-corrected chi connectivity index (χ0v) is 15.9. The molecule has 146 valence electrons. The molecule has 0 spiro atoms. The van der Waals surface area contributed by atoms with Crippen molar-refractivity contribution in [2.24, 2.45) is 5.73 Å². The van der Waals surface area contributed by atoms with Gasteiger partial charge in [0.15, 0.2) is 0 Å². The molecule has 7 heteroatoms. The Hall–Kier alpha value is -1.96. The van der Waals surface area contributed by atoms with Gasteiger partial charge in [-0.1, -0.05) is 18.2 Å². The third kappa shape index (κ3) is 3.72. The van der Waals surface area contributed by atoms with Crippen LogP contribution in [-0.2, 0) is 16.1 Å². The van der Waals surface area contributed by atoms with Crippen LogP contribution in [0.15, 0.2) is 24.3 Å². The lowest BCUT2D eigenvalue weighted by Gasteiger charge is -2.33. The number of fused-ring (bicyclic) bond motifs is 1. The monoisotopic (exact) mass is 371 g/mol. The summed E-state index contributed by atoms with van der Waals surface area (Å²) in [4.78, 5) is 15.2. The average molecular weight is 371 g/mol. The molecule has 1 saturated carbocycles. The fourth-order valence-electron chi connectivity index (χ4n) is 3.93. The standard InChI is InChI=1S/C20H29N5O2/c1-14(25(15-7-8-15)20(26)18-13-22-10-12-27-18)19-16-5-2-3-6-17(16)24(23-19)11-4-9-21/h2-3,5-6,14-15,18,22H,4,7-13,21H2,1H3/t14-,18-/m1/s1. The first-order valence-electron chi connectivity index (χ1n) is 10.0. The van der Waals surface area contributed by atoms with E-state index in [4.69, 9.17) is 15.6 Å². The number of carbonyl (C=O) groups is 1. The minimum atomic E-state index is -0.396. The smallest absolute Gasteiger partial charge is 0.253 e. The second-order valence-electron chi connectivity index (χ2n) is 7.48. The minimum Gasteiger partial charge on any atom is -0.366 e. The fraction of sp³-hybridized carbons (Fsp3) is 0.600. The van der Waals surface area contributed by atoms with Crippen molar-refractivity contribution < 1.29 is 9.53 Å². The number of rotatable bonds is 7. The summed E-state index contributed by atoms with van der Waals surface area (Å²) in [5.74, 6) is 0.0813.